The van der Waals surface area contributed by atoms with Crippen LogP contribution in [0.25, 0.3) is 0 Å². The van der Waals surface area contributed by atoms with Gasteiger partial charge in [0.25, 0.3) is 0 Å². The maximum Gasteiger partial charge on any atom is 0.0953 e. The van der Waals surface area contributed by atoms with Gasteiger partial charge in [-0.05, 0) is 20.8 Å². The quantitative estimate of drug-likeness (QED) is 0.557. The average molecular weight is 144 g/mol. The Morgan fingerprint density at radius 1 is 1.67 bits per heavy atom. The van der Waals surface area contributed by atoms with Crippen molar-refractivity contribution in [2.24, 2.45) is 5.10 Å². The van der Waals surface area contributed by atoms with Crippen molar-refractivity contribution in [3.05, 3.63) is 0 Å². The van der Waals surface area contributed by atoms with Crippen LogP contribution in [0, 0.1) is 0 Å². The fourth-order valence-corrected chi connectivity index (χ4v) is 1.64. The van der Waals surface area contributed by atoms with Crippen molar-refractivity contribution >= 4 is 17.3 Å². The van der Waals surface area contributed by atoms with Crippen LogP contribution in [0.15, 0.2) is 5.10 Å². The Hall–Kier alpha value is -0.180. The van der Waals surface area contributed by atoms with Gasteiger partial charge in [0.1, 0.15) is 0 Å². The van der Waals surface area contributed by atoms with Gasteiger partial charge in [-0.1, -0.05) is 11.8 Å². The first-order valence-electron chi connectivity index (χ1n) is 3.18. The smallest absolute Gasteiger partial charge is 0.0953 e. The standard InChI is InChI=1S/C6H12N2S/c1-5(2)8-6(3)9-4-7-8/h4-6H,1-3H3. The molecule has 0 aromatic carbocycles. The first-order valence-corrected chi connectivity index (χ1v) is 4.12. The molecule has 0 fully saturated rings. The van der Waals surface area contributed by atoms with Crippen LogP contribution in [-0.2, 0) is 0 Å². The largest absolute Gasteiger partial charge is 0.281 e. The summed E-state index contributed by atoms with van der Waals surface area (Å²) in [6, 6.07) is 0.534. The molecule has 1 aliphatic heterocycles. The van der Waals surface area contributed by atoms with Crippen LogP contribution in [0.3, 0.4) is 0 Å². The Morgan fingerprint density at radius 2 is 2.33 bits per heavy atom. The third-order valence-electron chi connectivity index (χ3n) is 1.34. The molecule has 0 saturated carbocycles. The number of hydrazone groups is 1. The highest BCUT2D eigenvalue weighted by Crippen LogP contribution is 2.21. The van der Waals surface area contributed by atoms with Crippen LogP contribution in [0.1, 0.15) is 20.8 Å². The molecule has 1 atom stereocenters. The van der Waals surface area contributed by atoms with Crippen LogP contribution >= 0.6 is 11.8 Å². The summed E-state index contributed by atoms with van der Waals surface area (Å²) in [5.74, 6) is 0. The molecule has 0 N–H and O–H groups in total. The summed E-state index contributed by atoms with van der Waals surface area (Å²) in [6.45, 7) is 6.47. The van der Waals surface area contributed by atoms with Gasteiger partial charge in [0, 0.05) is 6.04 Å². The van der Waals surface area contributed by atoms with Gasteiger partial charge in [-0.3, -0.25) is 5.01 Å². The average Bonchev–Trinajstić information content (AvgIpc) is 2.13. The lowest BCUT2D eigenvalue weighted by atomic mass is 10.4. The van der Waals surface area contributed by atoms with Crippen molar-refractivity contribution in [3.8, 4) is 0 Å². The van der Waals surface area contributed by atoms with Gasteiger partial charge >= 0.3 is 0 Å². The van der Waals surface area contributed by atoms with E-state index in [0.29, 0.717) is 11.4 Å². The summed E-state index contributed by atoms with van der Waals surface area (Å²) in [5, 5.41) is 6.82. The van der Waals surface area contributed by atoms with E-state index < -0.39 is 0 Å². The maximum atomic E-state index is 4.19. The Bertz CT molecular complexity index is 122. The maximum absolute atomic E-state index is 4.19. The van der Waals surface area contributed by atoms with Crippen molar-refractivity contribution in [1.82, 2.24) is 5.01 Å². The monoisotopic (exact) mass is 144 g/mol. The Morgan fingerprint density at radius 3 is 2.56 bits per heavy atom. The number of thioether (sulfide) groups is 1. The highest BCUT2D eigenvalue weighted by atomic mass is 32.2. The number of hydrogen-bond donors (Lipinski definition) is 0. The summed E-state index contributed by atoms with van der Waals surface area (Å²) in [7, 11) is 0. The fourth-order valence-electron chi connectivity index (χ4n) is 0.879. The Labute approximate surface area is 60.3 Å². The second-order valence-corrected chi connectivity index (χ2v) is 3.60. The summed E-state index contributed by atoms with van der Waals surface area (Å²) in [5.41, 5.74) is 1.91. The molecule has 0 saturated heterocycles. The van der Waals surface area contributed by atoms with Crippen LogP contribution in [0.5, 0.6) is 0 Å². The SMILES string of the molecule is CC(C)N1N=CSC1C. The minimum Gasteiger partial charge on any atom is -0.281 e. The van der Waals surface area contributed by atoms with Crippen molar-refractivity contribution in [2.45, 2.75) is 32.2 Å². The molecular formula is C6H12N2S. The molecule has 3 heteroatoms. The van der Waals surface area contributed by atoms with E-state index in [2.05, 4.69) is 30.9 Å². The van der Waals surface area contributed by atoms with Gasteiger partial charge in [0.15, 0.2) is 0 Å². The van der Waals surface area contributed by atoms with Crippen LogP contribution in [-0.4, -0.2) is 22.0 Å². The molecule has 2 nitrogen and oxygen atoms in total. The van der Waals surface area contributed by atoms with E-state index in [4.69, 9.17) is 0 Å². The molecule has 0 bridgehead atoms. The first kappa shape index (κ1) is 6.93. The normalized spacial score (nSPS) is 26.2. The molecule has 1 aliphatic rings. The lowest BCUT2D eigenvalue weighted by molar-refractivity contribution is 0.233. The van der Waals surface area contributed by atoms with Gasteiger partial charge in [-0.25, -0.2) is 0 Å². The Balaban J connectivity index is 2.49. The third-order valence-corrected chi connectivity index (χ3v) is 2.17. The Kier molecular flexibility index (Phi) is 2.01. The number of hydrogen-bond acceptors (Lipinski definition) is 3. The van der Waals surface area contributed by atoms with Crippen LogP contribution in [0.4, 0.5) is 0 Å². The molecule has 1 heterocycles. The molecule has 0 aromatic heterocycles. The summed E-state index contributed by atoms with van der Waals surface area (Å²) in [6.07, 6.45) is 0. The van der Waals surface area contributed by atoms with E-state index in [9.17, 15) is 0 Å². The summed E-state index contributed by atoms with van der Waals surface area (Å²) < 4.78 is 0. The summed E-state index contributed by atoms with van der Waals surface area (Å²) >= 11 is 1.77. The second kappa shape index (κ2) is 2.60. The second-order valence-electron chi connectivity index (χ2n) is 2.43. The van der Waals surface area contributed by atoms with Gasteiger partial charge in [0.2, 0.25) is 0 Å². The van der Waals surface area contributed by atoms with Crippen molar-refractivity contribution in [2.75, 3.05) is 0 Å². The van der Waals surface area contributed by atoms with Gasteiger partial charge in [-0.15, -0.1) is 0 Å². The fraction of sp³-hybridized carbons (Fsp3) is 0.833. The molecule has 0 aliphatic carbocycles. The van der Waals surface area contributed by atoms with Crippen molar-refractivity contribution in [1.29, 1.82) is 0 Å². The van der Waals surface area contributed by atoms with Crippen molar-refractivity contribution in [3.63, 3.8) is 0 Å². The number of nitrogens with zero attached hydrogens (tertiary/aromatic N) is 2. The van der Waals surface area contributed by atoms with Gasteiger partial charge < -0.3 is 0 Å². The zero-order valence-corrected chi connectivity index (χ0v) is 6.85. The molecule has 0 radical (unpaired) electrons. The topological polar surface area (TPSA) is 15.6 Å². The lowest BCUT2D eigenvalue weighted by Crippen LogP contribution is -2.28. The highest BCUT2D eigenvalue weighted by molar-refractivity contribution is 8.12. The molecule has 0 amide bonds. The molecular weight excluding hydrogens is 132 g/mol. The molecule has 1 unspecified atom stereocenters. The van der Waals surface area contributed by atoms with E-state index in [1.165, 1.54) is 0 Å². The van der Waals surface area contributed by atoms with Crippen LogP contribution in [0.2, 0.25) is 0 Å². The zero-order valence-electron chi connectivity index (χ0n) is 6.03. The third kappa shape index (κ3) is 1.39. The first-order chi connectivity index (χ1) is 4.22. The molecule has 52 valence electrons. The van der Waals surface area contributed by atoms with Crippen LogP contribution < -0.4 is 0 Å². The van der Waals surface area contributed by atoms with E-state index in [1.807, 2.05) is 5.55 Å². The van der Waals surface area contributed by atoms with Gasteiger partial charge in [-0.2, -0.15) is 5.10 Å². The molecule has 1 rings (SSSR count). The number of rotatable bonds is 1. The van der Waals surface area contributed by atoms with E-state index in [-0.39, 0.29) is 0 Å². The minimum atomic E-state index is 0.532. The summed E-state index contributed by atoms with van der Waals surface area (Å²) in [4.78, 5) is 0. The van der Waals surface area contributed by atoms with E-state index >= 15 is 0 Å². The van der Waals surface area contributed by atoms with Gasteiger partial charge in [0.05, 0.1) is 10.9 Å². The molecule has 9 heavy (non-hydrogen) atoms. The lowest BCUT2D eigenvalue weighted by Gasteiger charge is -2.22. The highest BCUT2D eigenvalue weighted by Gasteiger charge is 2.18. The van der Waals surface area contributed by atoms with E-state index in [1.54, 1.807) is 11.8 Å². The molecule has 0 spiro atoms. The zero-order chi connectivity index (χ0) is 6.85. The predicted octanol–water partition coefficient (Wildman–Crippen LogP) is 1.73. The minimum absolute atomic E-state index is 0.532. The predicted molar refractivity (Wildman–Crippen MR) is 42.5 cm³/mol. The van der Waals surface area contributed by atoms with E-state index in [0.717, 1.165) is 0 Å². The van der Waals surface area contributed by atoms with Crippen molar-refractivity contribution < 1.29 is 0 Å². The molecule has 0 aromatic rings.